The quantitative estimate of drug-likeness (QED) is 0.683. The summed E-state index contributed by atoms with van der Waals surface area (Å²) in [5.41, 5.74) is 1.77. The first kappa shape index (κ1) is 8.68. The van der Waals surface area contributed by atoms with Crippen LogP contribution in [0, 0.1) is 4.91 Å². The zero-order valence-corrected chi connectivity index (χ0v) is 7.89. The minimum atomic E-state index is 0.369. The molecule has 0 saturated heterocycles. The maximum atomic E-state index is 10.7. The van der Waals surface area contributed by atoms with Gasteiger partial charge in [0, 0.05) is 14.1 Å². The van der Waals surface area contributed by atoms with Gasteiger partial charge in [-0.3, -0.25) is 0 Å². The summed E-state index contributed by atoms with van der Waals surface area (Å²) in [6.45, 7) is 0. The zero-order valence-electron chi connectivity index (χ0n) is 7.89. The molecule has 5 heteroatoms. The van der Waals surface area contributed by atoms with Gasteiger partial charge in [-0.1, -0.05) is 5.16 Å². The lowest BCUT2D eigenvalue weighted by atomic mass is 10.2. The molecule has 14 heavy (non-hydrogen) atoms. The highest BCUT2D eigenvalue weighted by molar-refractivity contribution is 5.95. The summed E-state index contributed by atoms with van der Waals surface area (Å²) in [6.07, 6.45) is 1.43. The van der Waals surface area contributed by atoms with Gasteiger partial charge >= 0.3 is 0 Å². The Morgan fingerprint density at radius 1 is 1.43 bits per heavy atom. The molecule has 0 aliphatic heterocycles. The van der Waals surface area contributed by atoms with E-state index in [1.165, 1.54) is 6.26 Å². The lowest BCUT2D eigenvalue weighted by Crippen LogP contribution is -2.08. The average molecular weight is 191 g/mol. The molecule has 72 valence electrons. The summed E-state index contributed by atoms with van der Waals surface area (Å²) < 4.78 is 4.77. The van der Waals surface area contributed by atoms with Gasteiger partial charge in [0.1, 0.15) is 17.5 Å². The summed E-state index contributed by atoms with van der Waals surface area (Å²) in [6, 6.07) is 3.59. The molecule has 2 aromatic rings. The van der Waals surface area contributed by atoms with Crippen molar-refractivity contribution in [3.05, 3.63) is 23.3 Å². The lowest BCUT2D eigenvalue weighted by molar-refractivity contribution is 0.428. The molecule has 0 fully saturated rings. The van der Waals surface area contributed by atoms with Gasteiger partial charge in [0.25, 0.3) is 0 Å². The van der Waals surface area contributed by atoms with Crippen LogP contribution in [-0.4, -0.2) is 19.3 Å². The van der Waals surface area contributed by atoms with Crippen LogP contribution in [0.15, 0.2) is 28.1 Å². The molecule has 0 unspecified atom stereocenters. The Labute approximate surface area is 80.3 Å². The monoisotopic (exact) mass is 191 g/mol. The van der Waals surface area contributed by atoms with E-state index in [1.807, 2.05) is 19.0 Å². The topological polar surface area (TPSA) is 58.7 Å². The number of rotatable bonds is 2. The van der Waals surface area contributed by atoms with E-state index in [9.17, 15) is 4.91 Å². The van der Waals surface area contributed by atoms with E-state index in [1.54, 1.807) is 12.1 Å². The fourth-order valence-corrected chi connectivity index (χ4v) is 1.37. The van der Waals surface area contributed by atoms with Crippen molar-refractivity contribution in [2.45, 2.75) is 0 Å². The smallest absolute Gasteiger partial charge is 0.143 e. The van der Waals surface area contributed by atoms with E-state index in [0.717, 1.165) is 5.69 Å². The molecule has 0 bridgehead atoms. The number of nitrogens with zero attached hydrogens (tertiary/aromatic N) is 3. The molecule has 0 aliphatic carbocycles. The summed E-state index contributed by atoms with van der Waals surface area (Å²) in [7, 11) is 3.70. The number of fused-ring (bicyclic) bond motifs is 1. The number of nitroso groups, excluding NO2 is 1. The molecule has 0 N–H and O–H groups in total. The number of hydrogen-bond donors (Lipinski definition) is 0. The highest BCUT2D eigenvalue weighted by atomic mass is 16.5. The molecule has 0 radical (unpaired) electrons. The van der Waals surface area contributed by atoms with Gasteiger partial charge in [-0.15, -0.1) is 4.91 Å². The Hall–Kier alpha value is -1.91. The van der Waals surface area contributed by atoms with Gasteiger partial charge in [-0.2, -0.15) is 0 Å². The average Bonchev–Trinajstić information content (AvgIpc) is 2.63. The summed E-state index contributed by atoms with van der Waals surface area (Å²) in [5.74, 6) is 0. The molecule has 5 nitrogen and oxygen atoms in total. The van der Waals surface area contributed by atoms with Crippen molar-refractivity contribution in [3.63, 3.8) is 0 Å². The molecule has 0 atom stereocenters. The second-order valence-corrected chi connectivity index (χ2v) is 3.17. The molecule has 2 rings (SSSR count). The van der Waals surface area contributed by atoms with Gasteiger partial charge in [0.2, 0.25) is 0 Å². The highest BCUT2D eigenvalue weighted by Crippen LogP contribution is 2.34. The van der Waals surface area contributed by atoms with Gasteiger partial charge < -0.3 is 9.42 Å². The van der Waals surface area contributed by atoms with Crippen LogP contribution in [0.3, 0.4) is 0 Å². The van der Waals surface area contributed by atoms with E-state index in [0.29, 0.717) is 16.6 Å². The van der Waals surface area contributed by atoms with Crippen LogP contribution in [0.2, 0.25) is 0 Å². The number of hydrogen-bond acceptors (Lipinski definition) is 5. The Kier molecular flexibility index (Phi) is 1.92. The normalized spacial score (nSPS) is 10.4. The van der Waals surface area contributed by atoms with E-state index in [2.05, 4.69) is 10.3 Å². The van der Waals surface area contributed by atoms with Crippen LogP contribution in [-0.2, 0) is 0 Å². The molecule has 1 aromatic heterocycles. The first-order valence-corrected chi connectivity index (χ1v) is 4.12. The number of aromatic nitrogens is 1. The Morgan fingerprint density at radius 2 is 2.21 bits per heavy atom. The fourth-order valence-electron chi connectivity index (χ4n) is 1.37. The SMILES string of the molecule is CN(C)c1ccc2nocc2c1N=O. The second-order valence-electron chi connectivity index (χ2n) is 3.17. The summed E-state index contributed by atoms with van der Waals surface area (Å²) >= 11 is 0. The maximum Gasteiger partial charge on any atom is 0.143 e. The first-order chi connectivity index (χ1) is 6.74. The molecular weight excluding hydrogens is 182 g/mol. The minimum absolute atomic E-state index is 0.369. The molecular formula is C9H9N3O2. The lowest BCUT2D eigenvalue weighted by Gasteiger charge is -2.13. The van der Waals surface area contributed by atoms with E-state index >= 15 is 0 Å². The van der Waals surface area contributed by atoms with Gasteiger partial charge in [-0.05, 0) is 17.3 Å². The van der Waals surface area contributed by atoms with Crippen LogP contribution < -0.4 is 4.90 Å². The van der Waals surface area contributed by atoms with E-state index in [4.69, 9.17) is 4.52 Å². The number of benzene rings is 1. The third-order valence-electron chi connectivity index (χ3n) is 2.07. The number of anilines is 1. The van der Waals surface area contributed by atoms with Gasteiger partial charge in [0.05, 0.1) is 11.1 Å². The van der Waals surface area contributed by atoms with E-state index in [-0.39, 0.29) is 0 Å². The summed E-state index contributed by atoms with van der Waals surface area (Å²) in [5, 5.41) is 7.38. The van der Waals surface area contributed by atoms with Crippen LogP contribution in [0.4, 0.5) is 11.4 Å². The highest BCUT2D eigenvalue weighted by Gasteiger charge is 2.12. The van der Waals surface area contributed by atoms with Crippen molar-refractivity contribution < 1.29 is 4.52 Å². The van der Waals surface area contributed by atoms with Crippen molar-refractivity contribution in [1.29, 1.82) is 0 Å². The van der Waals surface area contributed by atoms with Crippen molar-refractivity contribution >= 4 is 22.3 Å². The van der Waals surface area contributed by atoms with Crippen molar-refractivity contribution in [3.8, 4) is 0 Å². The second kappa shape index (κ2) is 3.10. The molecule has 0 amide bonds. The zero-order chi connectivity index (χ0) is 10.1. The predicted octanol–water partition coefficient (Wildman–Crippen LogP) is 2.29. The van der Waals surface area contributed by atoms with Crippen molar-refractivity contribution in [2.24, 2.45) is 5.18 Å². The molecule has 1 aromatic carbocycles. The third kappa shape index (κ3) is 1.14. The van der Waals surface area contributed by atoms with Crippen LogP contribution in [0.5, 0.6) is 0 Å². The summed E-state index contributed by atoms with van der Waals surface area (Å²) in [4.78, 5) is 12.5. The van der Waals surface area contributed by atoms with Gasteiger partial charge in [0.15, 0.2) is 0 Å². The van der Waals surface area contributed by atoms with Crippen LogP contribution >= 0.6 is 0 Å². The standard InChI is InChI=1S/C9H9N3O2/c1-12(2)8-4-3-7-6(5-14-11-7)9(8)10-13/h3-5H,1-2H3. The van der Waals surface area contributed by atoms with Crippen molar-refractivity contribution in [1.82, 2.24) is 5.16 Å². The Bertz CT molecular complexity index is 476. The maximum absolute atomic E-state index is 10.7. The van der Waals surface area contributed by atoms with Crippen LogP contribution in [0.25, 0.3) is 10.9 Å². The van der Waals surface area contributed by atoms with Gasteiger partial charge in [-0.25, -0.2) is 0 Å². The largest absolute Gasteiger partial charge is 0.376 e. The third-order valence-corrected chi connectivity index (χ3v) is 2.07. The molecule has 1 heterocycles. The first-order valence-electron chi connectivity index (χ1n) is 4.12. The Balaban J connectivity index is 2.78. The minimum Gasteiger partial charge on any atom is -0.376 e. The van der Waals surface area contributed by atoms with Crippen molar-refractivity contribution in [2.75, 3.05) is 19.0 Å². The van der Waals surface area contributed by atoms with E-state index < -0.39 is 0 Å². The molecule has 0 aliphatic rings. The predicted molar refractivity (Wildman–Crippen MR) is 53.8 cm³/mol. The fraction of sp³-hybridized carbons (Fsp3) is 0.222. The van der Waals surface area contributed by atoms with Crippen LogP contribution in [0.1, 0.15) is 0 Å². The molecule has 0 spiro atoms. The Morgan fingerprint density at radius 3 is 2.86 bits per heavy atom. The molecule has 0 saturated carbocycles.